The molecule has 1 saturated carbocycles. The summed E-state index contributed by atoms with van der Waals surface area (Å²) in [7, 11) is 1.57. The lowest BCUT2D eigenvalue weighted by atomic mass is 9.67. The average Bonchev–Trinajstić information content (AvgIpc) is 2.71. The van der Waals surface area contributed by atoms with Crippen molar-refractivity contribution in [3.05, 3.63) is 34.0 Å². The van der Waals surface area contributed by atoms with Gasteiger partial charge in [0.25, 0.3) is 0 Å². The van der Waals surface area contributed by atoms with Gasteiger partial charge in [0, 0.05) is 35.7 Å². The number of fused-ring (bicyclic) bond motifs is 1. The lowest BCUT2D eigenvalue weighted by Gasteiger charge is -2.38. The van der Waals surface area contributed by atoms with Crippen molar-refractivity contribution in [2.45, 2.75) is 57.8 Å². The Bertz CT molecular complexity index is 918. The number of nitrogens with zero attached hydrogens (tertiary/aromatic N) is 1. The maximum Gasteiger partial charge on any atom is 0.179 e. The molecule has 0 bridgehead atoms. The van der Waals surface area contributed by atoms with E-state index in [0.717, 1.165) is 49.1 Å². The van der Waals surface area contributed by atoms with Crippen molar-refractivity contribution in [3.63, 3.8) is 0 Å². The number of methoxy groups -OCH3 is 1. The van der Waals surface area contributed by atoms with E-state index in [1.807, 2.05) is 19.1 Å². The number of hydrogen-bond acceptors (Lipinski definition) is 5. The van der Waals surface area contributed by atoms with Gasteiger partial charge in [0.1, 0.15) is 5.78 Å². The molecule has 5 nitrogen and oxygen atoms in total. The molecule has 1 heterocycles. The van der Waals surface area contributed by atoms with Crippen LogP contribution in [-0.4, -0.2) is 31.0 Å². The Hall–Kier alpha value is -2.14. The summed E-state index contributed by atoms with van der Waals surface area (Å²) in [5.41, 5.74) is 3.29. The predicted octanol–water partition coefficient (Wildman–Crippen LogP) is 5.05. The Morgan fingerprint density at radius 2 is 1.90 bits per heavy atom. The highest BCUT2D eigenvalue weighted by Crippen LogP contribution is 2.48. The average molecular weight is 416 g/mol. The zero-order valence-corrected chi connectivity index (χ0v) is 17.7. The fraction of sp³-hybridized carbons (Fsp3) is 0.522. The van der Waals surface area contributed by atoms with Gasteiger partial charge < -0.3 is 9.47 Å². The van der Waals surface area contributed by atoms with Crippen LogP contribution in [0.3, 0.4) is 0 Å². The number of carbonyl (C=O) groups excluding carboxylic acids is 2. The Morgan fingerprint density at radius 3 is 2.66 bits per heavy atom. The van der Waals surface area contributed by atoms with Gasteiger partial charge in [-0.15, -0.1) is 0 Å². The first-order chi connectivity index (χ1) is 14.0. The van der Waals surface area contributed by atoms with Crippen LogP contribution in [0.4, 0.5) is 0 Å². The van der Waals surface area contributed by atoms with E-state index in [0.29, 0.717) is 41.5 Å². The number of ketones is 2. The number of aliphatic imine (C=N–C) groups is 1. The van der Waals surface area contributed by atoms with Gasteiger partial charge in [-0.2, -0.15) is 0 Å². The van der Waals surface area contributed by atoms with Crippen LogP contribution in [-0.2, 0) is 9.59 Å². The fourth-order valence-corrected chi connectivity index (χ4v) is 5.00. The first-order valence-corrected chi connectivity index (χ1v) is 10.8. The highest BCUT2D eigenvalue weighted by molar-refractivity contribution is 6.32. The van der Waals surface area contributed by atoms with Crippen molar-refractivity contribution in [1.82, 2.24) is 0 Å². The Kier molecular flexibility index (Phi) is 5.77. The molecule has 4 rings (SSSR count). The summed E-state index contributed by atoms with van der Waals surface area (Å²) in [6, 6.07) is 3.70. The summed E-state index contributed by atoms with van der Waals surface area (Å²) in [5.74, 6) is 0.560. The Morgan fingerprint density at radius 1 is 1.10 bits per heavy atom. The molecule has 0 N–H and O–H groups in total. The van der Waals surface area contributed by atoms with Gasteiger partial charge in [0.05, 0.1) is 24.7 Å². The lowest BCUT2D eigenvalue weighted by molar-refractivity contribution is -0.122. The minimum Gasteiger partial charge on any atom is -0.493 e. The summed E-state index contributed by atoms with van der Waals surface area (Å²) >= 11 is 6.57. The van der Waals surface area contributed by atoms with Crippen LogP contribution in [0.2, 0.25) is 5.02 Å². The maximum atomic E-state index is 12.9. The number of rotatable bonds is 5. The normalized spacial score (nSPS) is 24.0. The van der Waals surface area contributed by atoms with Gasteiger partial charge in [-0.3, -0.25) is 14.6 Å². The quantitative estimate of drug-likeness (QED) is 0.674. The zero-order valence-electron chi connectivity index (χ0n) is 16.9. The van der Waals surface area contributed by atoms with E-state index in [9.17, 15) is 9.59 Å². The minimum atomic E-state index is -0.382. The van der Waals surface area contributed by atoms with Crippen molar-refractivity contribution in [2.24, 2.45) is 10.9 Å². The summed E-state index contributed by atoms with van der Waals surface area (Å²) in [6.07, 6.45) is 5.11. The smallest absolute Gasteiger partial charge is 0.179 e. The van der Waals surface area contributed by atoms with Crippen molar-refractivity contribution < 1.29 is 19.1 Å². The summed E-state index contributed by atoms with van der Waals surface area (Å²) in [4.78, 5) is 30.6. The van der Waals surface area contributed by atoms with Crippen LogP contribution in [0.15, 0.2) is 28.4 Å². The van der Waals surface area contributed by atoms with Gasteiger partial charge in [-0.25, -0.2) is 0 Å². The number of ether oxygens (including phenoxy) is 2. The molecular weight excluding hydrogens is 390 g/mol. The molecule has 0 radical (unpaired) electrons. The molecular formula is C23H26ClNO4. The third-order valence-electron chi connectivity index (χ3n) is 5.98. The predicted molar refractivity (Wildman–Crippen MR) is 112 cm³/mol. The minimum absolute atomic E-state index is 0.0961. The van der Waals surface area contributed by atoms with Crippen molar-refractivity contribution in [3.8, 4) is 11.5 Å². The highest BCUT2D eigenvalue weighted by atomic mass is 35.5. The van der Waals surface area contributed by atoms with Gasteiger partial charge in [-0.1, -0.05) is 18.5 Å². The second kappa shape index (κ2) is 8.31. The molecule has 0 saturated heterocycles. The van der Waals surface area contributed by atoms with Crippen LogP contribution in [0.25, 0.3) is 0 Å². The van der Waals surface area contributed by atoms with E-state index in [2.05, 4.69) is 0 Å². The van der Waals surface area contributed by atoms with Crippen LogP contribution >= 0.6 is 11.6 Å². The van der Waals surface area contributed by atoms with Crippen molar-refractivity contribution >= 4 is 28.9 Å². The summed E-state index contributed by atoms with van der Waals surface area (Å²) < 4.78 is 11.3. The first-order valence-electron chi connectivity index (χ1n) is 10.4. The number of Topliss-reactive ketones (excluding diaryl/α,β-unsaturated/α-hetero) is 2. The summed E-state index contributed by atoms with van der Waals surface area (Å²) in [6.45, 7) is 2.56. The molecule has 3 aliphatic rings. The van der Waals surface area contributed by atoms with Crippen molar-refractivity contribution in [1.29, 1.82) is 0 Å². The van der Waals surface area contributed by atoms with Gasteiger partial charge >= 0.3 is 0 Å². The fourth-order valence-electron chi connectivity index (χ4n) is 4.72. The monoisotopic (exact) mass is 415 g/mol. The van der Waals surface area contributed by atoms with E-state index in [1.165, 1.54) is 0 Å². The molecule has 1 aromatic rings. The van der Waals surface area contributed by atoms with Gasteiger partial charge in [0.2, 0.25) is 0 Å². The molecule has 0 spiro atoms. The molecule has 1 aromatic carbocycles. The number of hydrogen-bond donors (Lipinski definition) is 0. The third-order valence-corrected chi connectivity index (χ3v) is 6.26. The summed E-state index contributed by atoms with van der Waals surface area (Å²) in [5, 5.41) is 0.436. The highest BCUT2D eigenvalue weighted by Gasteiger charge is 2.44. The molecule has 154 valence electrons. The molecule has 1 fully saturated rings. The second-order valence-corrected chi connectivity index (χ2v) is 8.31. The standard InChI is InChI=1S/C23H26ClNO4/c1-3-10-29-23-14(24)11-13(12-19(23)28-2)20-21-15(6-4-8-17(21)26)25-16-7-5-9-18(27)22(16)20/h11-12,20-21H,3-10H2,1-2H3/t20-,21?/m0/s1. The van der Waals surface area contributed by atoms with E-state index in [-0.39, 0.29) is 23.4 Å². The van der Waals surface area contributed by atoms with E-state index >= 15 is 0 Å². The molecule has 2 atom stereocenters. The first kappa shape index (κ1) is 20.1. The second-order valence-electron chi connectivity index (χ2n) is 7.90. The molecule has 2 aliphatic carbocycles. The Labute approximate surface area is 176 Å². The number of carbonyl (C=O) groups is 2. The maximum absolute atomic E-state index is 12.9. The topological polar surface area (TPSA) is 65.0 Å². The Balaban J connectivity index is 1.85. The van der Waals surface area contributed by atoms with Crippen LogP contribution < -0.4 is 9.47 Å². The van der Waals surface area contributed by atoms with Crippen LogP contribution in [0.1, 0.15) is 63.4 Å². The molecule has 6 heteroatoms. The molecule has 1 aliphatic heterocycles. The van der Waals surface area contributed by atoms with E-state index < -0.39 is 0 Å². The zero-order chi connectivity index (χ0) is 20.5. The van der Waals surface area contributed by atoms with Crippen molar-refractivity contribution in [2.75, 3.05) is 13.7 Å². The van der Waals surface area contributed by atoms with Gasteiger partial charge in [0.15, 0.2) is 17.3 Å². The number of benzene rings is 1. The number of allylic oxidation sites excluding steroid dienone is 2. The number of halogens is 1. The molecule has 0 amide bonds. The van der Waals surface area contributed by atoms with Crippen LogP contribution in [0.5, 0.6) is 11.5 Å². The van der Waals surface area contributed by atoms with E-state index in [4.69, 9.17) is 26.1 Å². The molecule has 0 aromatic heterocycles. The largest absolute Gasteiger partial charge is 0.493 e. The van der Waals surface area contributed by atoms with Crippen LogP contribution in [0, 0.1) is 5.92 Å². The molecule has 1 unspecified atom stereocenters. The molecule has 29 heavy (non-hydrogen) atoms. The van der Waals surface area contributed by atoms with Gasteiger partial charge in [-0.05, 0) is 49.8 Å². The third kappa shape index (κ3) is 3.61. The van der Waals surface area contributed by atoms with E-state index in [1.54, 1.807) is 7.11 Å². The SMILES string of the molecule is CCCOc1c(Cl)cc([C@@H]2C3=C(CCCC3=O)N=C3CCCC(=O)C32)cc1OC. The lowest BCUT2D eigenvalue weighted by Crippen LogP contribution is -2.39.